The van der Waals surface area contributed by atoms with Gasteiger partial charge in [-0.3, -0.25) is 19.5 Å². The third-order valence-corrected chi connectivity index (χ3v) is 7.01. The fraction of sp³-hybridized carbons (Fsp3) is 0.188. The van der Waals surface area contributed by atoms with Crippen LogP contribution in [0.1, 0.15) is 43.0 Å². The number of carbonyl (C=O) groups excluding carboxylic acids is 2. The van der Waals surface area contributed by atoms with Crippen molar-refractivity contribution in [3.05, 3.63) is 121 Å². The topological polar surface area (TPSA) is 86.1 Å². The Morgan fingerprint density at radius 2 is 1.47 bits per heavy atom. The van der Waals surface area contributed by atoms with Crippen molar-refractivity contribution in [3.63, 3.8) is 0 Å². The third kappa shape index (κ3) is 5.05. The molecule has 0 radical (unpaired) electrons. The van der Waals surface area contributed by atoms with Crippen LogP contribution in [-0.4, -0.2) is 16.8 Å². The van der Waals surface area contributed by atoms with E-state index in [9.17, 15) is 14.9 Å². The second-order valence-electron chi connectivity index (χ2n) is 9.61. The summed E-state index contributed by atoms with van der Waals surface area (Å²) in [4.78, 5) is 33.7. The maximum atomic E-state index is 14.0. The Hall–Kier alpha value is -4.76. The summed E-state index contributed by atoms with van der Waals surface area (Å²) in [5, 5.41) is 13.0. The van der Waals surface area contributed by atoms with E-state index in [1.54, 1.807) is 24.5 Å². The Bertz CT molecular complexity index is 1440. The number of hydrogen-bond acceptors (Lipinski definition) is 4. The molecule has 1 aliphatic carbocycles. The van der Waals surface area contributed by atoms with E-state index < -0.39 is 11.5 Å². The summed E-state index contributed by atoms with van der Waals surface area (Å²) in [5.41, 5.74) is 2.98. The number of aromatic nitrogens is 1. The summed E-state index contributed by atoms with van der Waals surface area (Å²) in [6.45, 7) is 1.91. The summed E-state index contributed by atoms with van der Waals surface area (Å²) >= 11 is 0. The number of pyridine rings is 1. The third-order valence-electron chi connectivity index (χ3n) is 7.01. The summed E-state index contributed by atoms with van der Waals surface area (Å²) in [5.74, 6) is -0.715. The number of nitrogens with zero attached hydrogens (tertiary/aromatic N) is 3. The molecule has 38 heavy (non-hydrogen) atoms. The second-order valence-corrected chi connectivity index (χ2v) is 9.61. The lowest BCUT2D eigenvalue weighted by Gasteiger charge is -2.33. The summed E-state index contributed by atoms with van der Waals surface area (Å²) in [6, 6.07) is 31.6. The molecule has 3 aromatic carbocycles. The second kappa shape index (κ2) is 10.7. The van der Waals surface area contributed by atoms with Crippen LogP contribution < -0.4 is 10.2 Å². The molecule has 0 spiro atoms. The molecule has 1 heterocycles. The average Bonchev–Trinajstić information content (AvgIpc) is 3.78. The van der Waals surface area contributed by atoms with Gasteiger partial charge in [-0.25, -0.2) is 0 Å². The number of amides is 2. The minimum absolute atomic E-state index is 0.286. The average molecular weight is 501 g/mol. The zero-order chi connectivity index (χ0) is 26.5. The van der Waals surface area contributed by atoms with Crippen LogP contribution >= 0.6 is 0 Å². The highest BCUT2D eigenvalue weighted by molar-refractivity contribution is 6.06. The SMILES string of the molecule is C[C@H](NC(=O)C(c1cccnc1)N(C(=O)C1(C#N)CC1)c1ccc(-c2ccccc2)cc1)c1ccccc1. The number of carbonyl (C=O) groups is 2. The normalized spacial score (nSPS) is 14.9. The summed E-state index contributed by atoms with van der Waals surface area (Å²) in [6.07, 6.45) is 4.18. The Morgan fingerprint density at radius 1 is 0.868 bits per heavy atom. The highest BCUT2D eigenvalue weighted by atomic mass is 16.2. The van der Waals surface area contributed by atoms with Crippen LogP contribution in [0.4, 0.5) is 5.69 Å². The van der Waals surface area contributed by atoms with Gasteiger partial charge in [-0.05, 0) is 54.7 Å². The number of nitriles is 1. The van der Waals surface area contributed by atoms with Crippen molar-refractivity contribution in [3.8, 4) is 17.2 Å². The Labute approximate surface area is 222 Å². The molecular formula is C32H28N4O2. The van der Waals surface area contributed by atoms with Crippen molar-refractivity contribution in [2.45, 2.75) is 31.8 Å². The van der Waals surface area contributed by atoms with Crippen LogP contribution in [0.2, 0.25) is 0 Å². The zero-order valence-corrected chi connectivity index (χ0v) is 21.1. The van der Waals surface area contributed by atoms with Gasteiger partial charge in [0, 0.05) is 23.6 Å². The molecule has 6 nitrogen and oxygen atoms in total. The molecule has 5 rings (SSSR count). The van der Waals surface area contributed by atoms with Gasteiger partial charge >= 0.3 is 0 Å². The van der Waals surface area contributed by atoms with E-state index in [4.69, 9.17) is 0 Å². The maximum absolute atomic E-state index is 14.0. The van der Waals surface area contributed by atoms with Crippen LogP contribution in [0, 0.1) is 16.7 Å². The maximum Gasteiger partial charge on any atom is 0.248 e. The number of nitrogens with one attached hydrogen (secondary N) is 1. The van der Waals surface area contributed by atoms with E-state index in [0.29, 0.717) is 24.1 Å². The van der Waals surface area contributed by atoms with Gasteiger partial charge in [0.05, 0.1) is 12.1 Å². The van der Waals surface area contributed by atoms with Crippen molar-refractivity contribution in [2.75, 3.05) is 4.90 Å². The molecule has 1 saturated carbocycles. The van der Waals surface area contributed by atoms with Crippen molar-refractivity contribution >= 4 is 17.5 Å². The molecule has 1 N–H and O–H groups in total. The molecule has 188 valence electrons. The van der Waals surface area contributed by atoms with Crippen molar-refractivity contribution < 1.29 is 9.59 Å². The molecule has 2 amide bonds. The van der Waals surface area contributed by atoms with Crippen molar-refractivity contribution in [1.29, 1.82) is 5.26 Å². The van der Waals surface area contributed by atoms with Gasteiger partial charge in [-0.15, -0.1) is 0 Å². The lowest BCUT2D eigenvalue weighted by Crippen LogP contribution is -2.47. The predicted molar refractivity (Wildman–Crippen MR) is 147 cm³/mol. The lowest BCUT2D eigenvalue weighted by molar-refractivity contribution is -0.128. The van der Waals surface area contributed by atoms with Gasteiger partial charge in [0.2, 0.25) is 11.8 Å². The monoisotopic (exact) mass is 500 g/mol. The molecule has 1 aromatic heterocycles. The highest BCUT2D eigenvalue weighted by Crippen LogP contribution is 2.48. The Balaban J connectivity index is 1.56. The number of hydrogen-bond donors (Lipinski definition) is 1. The number of anilines is 1. The molecule has 1 aliphatic rings. The van der Waals surface area contributed by atoms with Crippen LogP contribution in [0.3, 0.4) is 0 Å². The Morgan fingerprint density at radius 3 is 2.05 bits per heavy atom. The molecule has 6 heteroatoms. The first-order valence-corrected chi connectivity index (χ1v) is 12.7. The van der Waals surface area contributed by atoms with Gasteiger partial charge in [-0.2, -0.15) is 5.26 Å². The van der Waals surface area contributed by atoms with Crippen LogP contribution in [0.15, 0.2) is 109 Å². The molecule has 0 aliphatic heterocycles. The van der Waals surface area contributed by atoms with Gasteiger partial charge < -0.3 is 5.32 Å². The van der Waals surface area contributed by atoms with Crippen LogP contribution in [-0.2, 0) is 9.59 Å². The van der Waals surface area contributed by atoms with Gasteiger partial charge in [0.1, 0.15) is 11.5 Å². The first kappa shape index (κ1) is 24.9. The minimum atomic E-state index is -1.12. The van der Waals surface area contributed by atoms with E-state index in [1.165, 1.54) is 4.90 Å². The number of rotatable bonds is 8. The summed E-state index contributed by atoms with van der Waals surface area (Å²) < 4.78 is 0. The summed E-state index contributed by atoms with van der Waals surface area (Å²) in [7, 11) is 0. The van der Waals surface area contributed by atoms with E-state index in [-0.39, 0.29) is 17.9 Å². The fourth-order valence-electron chi connectivity index (χ4n) is 4.63. The Kier molecular flexibility index (Phi) is 7.01. The molecule has 2 atom stereocenters. The largest absolute Gasteiger partial charge is 0.347 e. The van der Waals surface area contributed by atoms with Crippen LogP contribution in [0.5, 0.6) is 0 Å². The molecule has 4 aromatic rings. The van der Waals surface area contributed by atoms with E-state index in [2.05, 4.69) is 16.4 Å². The first-order chi connectivity index (χ1) is 18.5. The number of benzene rings is 3. The highest BCUT2D eigenvalue weighted by Gasteiger charge is 2.54. The predicted octanol–water partition coefficient (Wildman–Crippen LogP) is 6.00. The molecule has 1 unspecified atom stereocenters. The van der Waals surface area contributed by atoms with Gasteiger partial charge in [0.25, 0.3) is 0 Å². The molecule has 0 bridgehead atoms. The van der Waals surface area contributed by atoms with Crippen molar-refractivity contribution in [2.24, 2.45) is 5.41 Å². The lowest BCUT2D eigenvalue weighted by atomic mass is 9.98. The standard InChI is InChI=1S/C32H28N4O2/c1-23(24-9-4-2-5-10-24)35-30(37)29(27-13-8-20-34-21-27)36(31(38)32(22-33)18-19-32)28-16-14-26(15-17-28)25-11-6-3-7-12-25/h2-17,20-21,23,29H,18-19H2,1H3,(H,35,37)/t23-,29?/m0/s1. The van der Waals surface area contributed by atoms with Gasteiger partial charge in [0.15, 0.2) is 0 Å². The quantitative estimate of drug-likeness (QED) is 0.321. The molecule has 0 saturated heterocycles. The smallest absolute Gasteiger partial charge is 0.248 e. The van der Waals surface area contributed by atoms with Crippen LogP contribution in [0.25, 0.3) is 11.1 Å². The minimum Gasteiger partial charge on any atom is -0.347 e. The molecular weight excluding hydrogens is 472 g/mol. The van der Waals surface area contributed by atoms with E-state index >= 15 is 0 Å². The van der Waals surface area contributed by atoms with Gasteiger partial charge in [-0.1, -0.05) is 78.9 Å². The van der Waals surface area contributed by atoms with Crippen molar-refractivity contribution in [1.82, 2.24) is 10.3 Å². The first-order valence-electron chi connectivity index (χ1n) is 12.7. The fourth-order valence-corrected chi connectivity index (χ4v) is 4.63. The molecule has 1 fully saturated rings. The zero-order valence-electron chi connectivity index (χ0n) is 21.1. The van der Waals surface area contributed by atoms with E-state index in [0.717, 1.165) is 16.7 Å². The van der Waals surface area contributed by atoms with E-state index in [1.807, 2.05) is 91.9 Å².